The maximum absolute atomic E-state index is 12.9. The lowest BCUT2D eigenvalue weighted by Crippen LogP contribution is -2.16. The van der Waals surface area contributed by atoms with Crippen LogP contribution in [0, 0.1) is 17.8 Å². The summed E-state index contributed by atoms with van der Waals surface area (Å²) in [5, 5.41) is 2.87. The summed E-state index contributed by atoms with van der Waals surface area (Å²) >= 11 is 0. The number of hydrogen-bond acceptors (Lipinski definition) is 6. The van der Waals surface area contributed by atoms with Crippen molar-refractivity contribution >= 4 is 23.3 Å². The number of benzene rings is 2. The van der Waals surface area contributed by atoms with E-state index in [0.29, 0.717) is 59.7 Å². The van der Waals surface area contributed by atoms with Gasteiger partial charge in [0.05, 0.1) is 36.8 Å². The van der Waals surface area contributed by atoms with Gasteiger partial charge in [-0.2, -0.15) is 0 Å². The standard InChI is InChI=1S/C26H36N2O5/c1-16(2)13-31-23-11-19(7-9-21(23)27)25(29)28-22-10-8-20(26(30)33-15-18(5)6)12-24(22)32-14-17(3)4/h7-12,16-18H,13-15,27H2,1-6H3,(H,28,29). The molecule has 0 aliphatic heterocycles. The molecule has 1 amide bonds. The predicted molar refractivity (Wildman–Crippen MR) is 131 cm³/mol. The molecular formula is C26H36N2O5. The number of esters is 1. The Morgan fingerprint density at radius 2 is 1.33 bits per heavy atom. The average molecular weight is 457 g/mol. The summed E-state index contributed by atoms with van der Waals surface area (Å²) in [5.74, 6) is 0.934. The monoisotopic (exact) mass is 456 g/mol. The molecule has 33 heavy (non-hydrogen) atoms. The topological polar surface area (TPSA) is 99.9 Å². The normalized spacial score (nSPS) is 11.1. The highest BCUT2D eigenvalue weighted by molar-refractivity contribution is 6.06. The van der Waals surface area contributed by atoms with Crippen molar-refractivity contribution in [1.29, 1.82) is 0 Å². The molecule has 7 heteroatoms. The van der Waals surface area contributed by atoms with E-state index in [4.69, 9.17) is 19.9 Å². The number of ether oxygens (including phenoxy) is 3. The van der Waals surface area contributed by atoms with Crippen LogP contribution in [0.5, 0.6) is 11.5 Å². The van der Waals surface area contributed by atoms with E-state index in [1.807, 2.05) is 41.5 Å². The number of nitrogens with two attached hydrogens (primary N) is 1. The Labute approximate surface area is 196 Å². The summed E-state index contributed by atoms with van der Waals surface area (Å²) < 4.78 is 16.9. The number of carbonyl (C=O) groups is 2. The van der Waals surface area contributed by atoms with Gasteiger partial charge in [-0.25, -0.2) is 4.79 Å². The average Bonchev–Trinajstić information content (AvgIpc) is 2.75. The van der Waals surface area contributed by atoms with Crippen molar-refractivity contribution in [3.63, 3.8) is 0 Å². The van der Waals surface area contributed by atoms with Crippen molar-refractivity contribution < 1.29 is 23.8 Å². The van der Waals surface area contributed by atoms with E-state index in [1.165, 1.54) is 0 Å². The molecule has 0 saturated heterocycles. The number of anilines is 2. The summed E-state index contributed by atoms with van der Waals surface area (Å²) in [6.45, 7) is 13.3. The van der Waals surface area contributed by atoms with Crippen molar-refractivity contribution in [2.24, 2.45) is 17.8 Å². The van der Waals surface area contributed by atoms with E-state index < -0.39 is 5.97 Å². The van der Waals surface area contributed by atoms with Gasteiger partial charge >= 0.3 is 5.97 Å². The Morgan fingerprint density at radius 3 is 1.94 bits per heavy atom. The van der Waals surface area contributed by atoms with Crippen molar-refractivity contribution in [3.05, 3.63) is 47.5 Å². The van der Waals surface area contributed by atoms with Gasteiger partial charge in [-0.15, -0.1) is 0 Å². The van der Waals surface area contributed by atoms with Gasteiger partial charge < -0.3 is 25.3 Å². The molecule has 2 aromatic carbocycles. The van der Waals surface area contributed by atoms with Crippen molar-refractivity contribution in [1.82, 2.24) is 0 Å². The molecule has 0 bridgehead atoms. The lowest BCUT2D eigenvalue weighted by Gasteiger charge is -2.16. The van der Waals surface area contributed by atoms with Crippen molar-refractivity contribution in [3.8, 4) is 11.5 Å². The first kappa shape index (κ1) is 26.0. The number of carbonyl (C=O) groups excluding carboxylic acids is 2. The number of amides is 1. The summed E-state index contributed by atoms with van der Waals surface area (Å²) in [5.41, 5.74) is 7.68. The van der Waals surface area contributed by atoms with Crippen LogP contribution in [0.15, 0.2) is 36.4 Å². The number of nitrogen functional groups attached to an aromatic ring is 1. The molecule has 0 saturated carbocycles. The van der Waals surface area contributed by atoms with Crippen LogP contribution in [0.4, 0.5) is 11.4 Å². The zero-order valence-electron chi connectivity index (χ0n) is 20.4. The predicted octanol–water partition coefficient (Wildman–Crippen LogP) is 5.40. The molecule has 0 aromatic heterocycles. The van der Waals surface area contributed by atoms with E-state index in [9.17, 15) is 9.59 Å². The van der Waals surface area contributed by atoms with Crippen LogP contribution in [-0.2, 0) is 4.74 Å². The van der Waals surface area contributed by atoms with Gasteiger partial charge in [0, 0.05) is 5.56 Å². The van der Waals surface area contributed by atoms with Crippen molar-refractivity contribution in [2.75, 3.05) is 30.9 Å². The lowest BCUT2D eigenvalue weighted by atomic mass is 10.1. The Balaban J connectivity index is 2.24. The second kappa shape index (κ2) is 12.1. The molecule has 0 heterocycles. The third-order valence-electron chi connectivity index (χ3n) is 4.43. The molecule has 2 aromatic rings. The molecule has 0 unspecified atom stereocenters. The van der Waals surface area contributed by atoms with Gasteiger partial charge in [-0.05, 0) is 54.2 Å². The third-order valence-corrected chi connectivity index (χ3v) is 4.43. The van der Waals surface area contributed by atoms with Crippen LogP contribution in [0.3, 0.4) is 0 Å². The molecule has 0 aliphatic rings. The second-order valence-corrected chi connectivity index (χ2v) is 9.32. The molecule has 0 fully saturated rings. The van der Waals surface area contributed by atoms with Crippen molar-refractivity contribution in [2.45, 2.75) is 41.5 Å². The minimum atomic E-state index is -0.429. The van der Waals surface area contributed by atoms with E-state index in [2.05, 4.69) is 5.32 Å². The summed E-state index contributed by atoms with van der Waals surface area (Å²) in [6, 6.07) is 9.77. The summed E-state index contributed by atoms with van der Waals surface area (Å²) in [4.78, 5) is 25.3. The molecule has 0 radical (unpaired) electrons. The first-order valence-corrected chi connectivity index (χ1v) is 11.3. The third kappa shape index (κ3) is 8.33. The van der Waals surface area contributed by atoms with Crippen LogP contribution in [0.25, 0.3) is 0 Å². The fourth-order valence-corrected chi connectivity index (χ4v) is 2.71. The Kier molecular flexibility index (Phi) is 9.57. The first-order valence-electron chi connectivity index (χ1n) is 11.3. The van der Waals surface area contributed by atoms with Gasteiger partial charge in [0.25, 0.3) is 5.91 Å². The maximum Gasteiger partial charge on any atom is 0.338 e. The molecule has 180 valence electrons. The van der Waals surface area contributed by atoms with Gasteiger partial charge in [0.15, 0.2) is 0 Å². The fraction of sp³-hybridized carbons (Fsp3) is 0.462. The summed E-state index contributed by atoms with van der Waals surface area (Å²) in [7, 11) is 0. The minimum Gasteiger partial charge on any atom is -0.491 e. The Hall–Kier alpha value is -3.22. The van der Waals surface area contributed by atoms with Gasteiger partial charge in [-0.3, -0.25) is 4.79 Å². The maximum atomic E-state index is 12.9. The minimum absolute atomic E-state index is 0.235. The molecule has 3 N–H and O–H groups in total. The largest absolute Gasteiger partial charge is 0.491 e. The van der Waals surface area contributed by atoms with Crippen LogP contribution in [0.2, 0.25) is 0 Å². The van der Waals surface area contributed by atoms with Crippen LogP contribution >= 0.6 is 0 Å². The molecule has 0 atom stereocenters. The fourth-order valence-electron chi connectivity index (χ4n) is 2.71. The Bertz CT molecular complexity index is 954. The molecule has 0 spiro atoms. The zero-order valence-corrected chi connectivity index (χ0v) is 20.4. The van der Waals surface area contributed by atoms with Crippen LogP contribution in [-0.4, -0.2) is 31.7 Å². The molecule has 7 nitrogen and oxygen atoms in total. The van der Waals surface area contributed by atoms with E-state index in [-0.39, 0.29) is 17.7 Å². The van der Waals surface area contributed by atoms with E-state index in [1.54, 1.807) is 36.4 Å². The number of rotatable bonds is 11. The van der Waals surface area contributed by atoms with Gasteiger partial charge in [-0.1, -0.05) is 41.5 Å². The van der Waals surface area contributed by atoms with Gasteiger partial charge in [0.1, 0.15) is 11.5 Å². The first-order chi connectivity index (χ1) is 15.6. The second-order valence-electron chi connectivity index (χ2n) is 9.32. The number of hydrogen-bond donors (Lipinski definition) is 2. The molecule has 2 rings (SSSR count). The van der Waals surface area contributed by atoms with E-state index in [0.717, 1.165) is 0 Å². The molecular weight excluding hydrogens is 420 g/mol. The SMILES string of the molecule is CC(C)COC(=O)c1ccc(NC(=O)c2ccc(N)c(OCC(C)C)c2)c(OCC(C)C)c1. The Morgan fingerprint density at radius 1 is 0.788 bits per heavy atom. The summed E-state index contributed by atoms with van der Waals surface area (Å²) in [6.07, 6.45) is 0. The highest BCUT2D eigenvalue weighted by Crippen LogP contribution is 2.29. The smallest absolute Gasteiger partial charge is 0.338 e. The van der Waals surface area contributed by atoms with Crippen LogP contribution in [0.1, 0.15) is 62.3 Å². The van der Waals surface area contributed by atoms with Gasteiger partial charge in [0.2, 0.25) is 0 Å². The number of nitrogens with one attached hydrogen (secondary N) is 1. The highest BCUT2D eigenvalue weighted by atomic mass is 16.5. The lowest BCUT2D eigenvalue weighted by molar-refractivity contribution is 0.0458. The molecule has 0 aliphatic carbocycles. The quantitative estimate of drug-likeness (QED) is 0.347. The van der Waals surface area contributed by atoms with E-state index >= 15 is 0 Å². The highest BCUT2D eigenvalue weighted by Gasteiger charge is 2.17. The van der Waals surface area contributed by atoms with Crippen LogP contribution < -0.4 is 20.5 Å². The zero-order chi connectivity index (χ0) is 24.5.